The number of phenols is 1. The Hall–Kier alpha value is -3.51. The summed E-state index contributed by atoms with van der Waals surface area (Å²) < 4.78 is 38.6. The average Bonchev–Trinajstić information content (AvgIpc) is 3.00. The van der Waals surface area contributed by atoms with Crippen molar-refractivity contribution >= 4 is 11.0 Å². The van der Waals surface area contributed by atoms with E-state index in [1.54, 1.807) is 0 Å². The van der Waals surface area contributed by atoms with Gasteiger partial charge < -0.3 is 68.6 Å². The first-order valence-electron chi connectivity index (χ1n) is 13.2. The summed E-state index contributed by atoms with van der Waals surface area (Å²) in [4.78, 5) is 13.3. The Bertz CT molecular complexity index is 1490. The monoisotopic (exact) mass is 608 g/mol. The van der Waals surface area contributed by atoms with E-state index in [-0.39, 0.29) is 46.3 Å². The molecule has 0 spiro atoms. The predicted molar refractivity (Wildman–Crippen MR) is 144 cm³/mol. The van der Waals surface area contributed by atoms with Gasteiger partial charge in [0.1, 0.15) is 71.0 Å². The van der Waals surface area contributed by atoms with Crippen LogP contribution in [0.3, 0.4) is 0 Å². The zero-order valence-electron chi connectivity index (χ0n) is 23.0. The van der Waals surface area contributed by atoms with Gasteiger partial charge >= 0.3 is 0 Å². The van der Waals surface area contributed by atoms with Crippen LogP contribution >= 0.6 is 0 Å². The van der Waals surface area contributed by atoms with Crippen LogP contribution in [0.25, 0.3) is 22.3 Å². The second-order valence-corrected chi connectivity index (χ2v) is 10.1. The number of aromatic hydroxyl groups is 1. The van der Waals surface area contributed by atoms with Crippen molar-refractivity contribution in [3.8, 4) is 34.3 Å². The fraction of sp³-hybridized carbons (Fsp3) is 0.464. The zero-order chi connectivity index (χ0) is 31.0. The molecule has 2 aliphatic rings. The van der Waals surface area contributed by atoms with Gasteiger partial charge in [0.25, 0.3) is 0 Å². The number of aliphatic hydroxyl groups is 6. The van der Waals surface area contributed by atoms with Gasteiger partial charge in [-0.1, -0.05) is 0 Å². The maximum atomic E-state index is 13.3. The fourth-order valence-electron chi connectivity index (χ4n) is 4.80. The Morgan fingerprint density at radius 3 is 2.30 bits per heavy atom. The molecular weight excluding hydrogens is 576 g/mol. The molecule has 15 nitrogen and oxygen atoms in total. The molecule has 2 aliphatic heterocycles. The van der Waals surface area contributed by atoms with Crippen LogP contribution in [0.1, 0.15) is 0 Å². The molecule has 2 fully saturated rings. The molecule has 2 saturated heterocycles. The van der Waals surface area contributed by atoms with Gasteiger partial charge in [-0.2, -0.15) is 0 Å². The largest absolute Gasteiger partial charge is 0.504 e. The molecule has 0 amide bonds. The van der Waals surface area contributed by atoms with E-state index in [0.717, 1.165) is 0 Å². The molecule has 7 N–H and O–H groups in total. The predicted octanol–water partition coefficient (Wildman–Crippen LogP) is -1.18. The average molecular weight is 609 g/mol. The molecular formula is C28H32O15. The summed E-state index contributed by atoms with van der Waals surface area (Å²) in [7, 11) is 2.75. The molecule has 0 radical (unpaired) electrons. The lowest BCUT2D eigenvalue weighted by Gasteiger charge is -2.41. The summed E-state index contributed by atoms with van der Waals surface area (Å²) in [6.07, 6.45) is -14.0. The number of ether oxygens (including phenoxy) is 6. The highest BCUT2D eigenvalue weighted by Gasteiger charge is 2.46. The number of hydrogen-bond acceptors (Lipinski definition) is 15. The summed E-state index contributed by atoms with van der Waals surface area (Å²) in [6.45, 7) is -0.812. The van der Waals surface area contributed by atoms with E-state index in [9.17, 15) is 40.5 Å². The van der Waals surface area contributed by atoms with Crippen molar-refractivity contribution in [1.29, 1.82) is 0 Å². The maximum Gasteiger partial charge on any atom is 0.229 e. The smallest absolute Gasteiger partial charge is 0.229 e. The second kappa shape index (κ2) is 12.6. The fourth-order valence-corrected chi connectivity index (χ4v) is 4.80. The Kier molecular flexibility index (Phi) is 9.07. The van der Waals surface area contributed by atoms with Crippen molar-refractivity contribution in [3.05, 3.63) is 46.6 Å². The lowest BCUT2D eigenvalue weighted by atomic mass is 9.99. The van der Waals surface area contributed by atoms with Crippen LogP contribution in [0.15, 0.2) is 45.6 Å². The molecule has 3 heterocycles. The van der Waals surface area contributed by atoms with Crippen LogP contribution < -0.4 is 19.6 Å². The minimum absolute atomic E-state index is 0.0406. The van der Waals surface area contributed by atoms with E-state index in [0.29, 0.717) is 5.56 Å². The van der Waals surface area contributed by atoms with E-state index in [2.05, 4.69) is 0 Å². The molecule has 9 atom stereocenters. The van der Waals surface area contributed by atoms with Gasteiger partial charge in [0.05, 0.1) is 27.4 Å². The van der Waals surface area contributed by atoms with Gasteiger partial charge in [0.2, 0.25) is 6.29 Å². The molecule has 0 aliphatic carbocycles. The summed E-state index contributed by atoms with van der Waals surface area (Å²) in [5.74, 6) is 0.280. The van der Waals surface area contributed by atoms with Crippen molar-refractivity contribution < 1.29 is 68.6 Å². The van der Waals surface area contributed by atoms with Crippen LogP contribution in [0.2, 0.25) is 0 Å². The number of rotatable bonds is 8. The number of methoxy groups -OCH3 is 2. The standard InChI is InChI=1S/C28H32O15/c1-37-12-6-18-21(14(30)8-16(41-18)11-3-4-13(29)17(5-11)38-2)19(7-12)42-28-26(36)24(34)23(33)20(43-28)10-40-27-25(35)22(32)15(31)9-39-27/h3-8,15,20,22-29,31-36H,9-10H2,1-2H3. The van der Waals surface area contributed by atoms with E-state index in [1.807, 2.05) is 0 Å². The van der Waals surface area contributed by atoms with Crippen molar-refractivity contribution in [2.45, 2.75) is 55.3 Å². The normalized spacial score (nSPS) is 31.1. The van der Waals surface area contributed by atoms with Gasteiger partial charge in [0, 0.05) is 23.8 Å². The Balaban J connectivity index is 1.41. The van der Waals surface area contributed by atoms with Gasteiger partial charge in [0.15, 0.2) is 23.2 Å². The molecule has 234 valence electrons. The van der Waals surface area contributed by atoms with Crippen molar-refractivity contribution in [3.63, 3.8) is 0 Å². The molecule has 1 aromatic heterocycles. The van der Waals surface area contributed by atoms with Crippen LogP contribution in [0, 0.1) is 0 Å². The topological polar surface area (TPSA) is 227 Å². The molecule has 0 bridgehead atoms. The molecule has 9 unspecified atom stereocenters. The van der Waals surface area contributed by atoms with E-state index >= 15 is 0 Å². The highest BCUT2D eigenvalue weighted by Crippen LogP contribution is 2.36. The van der Waals surface area contributed by atoms with Crippen LogP contribution in [0.4, 0.5) is 0 Å². The van der Waals surface area contributed by atoms with Gasteiger partial charge in [-0.05, 0) is 18.2 Å². The second-order valence-electron chi connectivity index (χ2n) is 10.1. The summed E-state index contributed by atoms with van der Waals surface area (Å²) >= 11 is 0. The highest BCUT2D eigenvalue weighted by atomic mass is 16.7. The van der Waals surface area contributed by atoms with E-state index in [4.69, 9.17) is 32.8 Å². The first-order valence-corrected chi connectivity index (χ1v) is 13.2. The number of hydrogen-bond donors (Lipinski definition) is 7. The molecule has 43 heavy (non-hydrogen) atoms. The van der Waals surface area contributed by atoms with Crippen LogP contribution in [0.5, 0.6) is 23.0 Å². The van der Waals surface area contributed by atoms with Crippen LogP contribution in [-0.2, 0) is 14.2 Å². The van der Waals surface area contributed by atoms with E-state index < -0.39 is 67.3 Å². The number of phenolic OH excluding ortho intramolecular Hbond substituents is 1. The third-order valence-corrected chi connectivity index (χ3v) is 7.26. The Morgan fingerprint density at radius 1 is 0.837 bits per heavy atom. The van der Waals surface area contributed by atoms with Gasteiger partial charge in [-0.25, -0.2) is 0 Å². The number of benzene rings is 2. The summed E-state index contributed by atoms with van der Waals surface area (Å²) in [5, 5.41) is 71.1. The lowest BCUT2D eigenvalue weighted by Crippen LogP contribution is -2.61. The molecule has 3 aromatic rings. The van der Waals surface area contributed by atoms with Crippen molar-refractivity contribution in [2.75, 3.05) is 27.4 Å². The van der Waals surface area contributed by atoms with Crippen molar-refractivity contribution in [2.24, 2.45) is 0 Å². The first-order chi connectivity index (χ1) is 20.5. The quantitative estimate of drug-likeness (QED) is 0.160. The lowest BCUT2D eigenvalue weighted by molar-refractivity contribution is -0.307. The third-order valence-electron chi connectivity index (χ3n) is 7.26. The van der Waals surface area contributed by atoms with Gasteiger partial charge in [-0.15, -0.1) is 0 Å². The molecule has 2 aromatic carbocycles. The highest BCUT2D eigenvalue weighted by molar-refractivity contribution is 5.86. The van der Waals surface area contributed by atoms with Gasteiger partial charge in [-0.3, -0.25) is 4.79 Å². The Morgan fingerprint density at radius 2 is 1.58 bits per heavy atom. The van der Waals surface area contributed by atoms with Crippen molar-refractivity contribution in [1.82, 2.24) is 0 Å². The minimum Gasteiger partial charge on any atom is -0.504 e. The molecule has 5 rings (SSSR count). The first kappa shape index (κ1) is 30.9. The number of fused-ring (bicyclic) bond motifs is 1. The third kappa shape index (κ3) is 6.12. The SMILES string of the molecule is COc1cc(OC2OC(COC3OCC(O)C(O)C3O)C(O)C(O)C2O)c2c(=O)cc(-c3ccc(O)c(OC)c3)oc2c1. The summed E-state index contributed by atoms with van der Waals surface area (Å²) in [6, 6.07) is 8.38. The Labute approximate surface area is 243 Å². The number of aliphatic hydroxyl groups excluding tert-OH is 6. The summed E-state index contributed by atoms with van der Waals surface area (Å²) in [5.41, 5.74) is -0.0752. The molecule has 15 heteroatoms. The zero-order valence-corrected chi connectivity index (χ0v) is 23.0. The molecule has 0 saturated carbocycles. The van der Waals surface area contributed by atoms with E-state index in [1.165, 1.54) is 50.6 Å². The maximum absolute atomic E-state index is 13.3. The minimum atomic E-state index is -1.78. The van der Waals surface area contributed by atoms with Crippen LogP contribution in [-0.4, -0.2) is 118 Å².